The predicted octanol–water partition coefficient (Wildman–Crippen LogP) is 2.50. The van der Waals surface area contributed by atoms with E-state index >= 15 is 0 Å². The van der Waals surface area contributed by atoms with E-state index in [4.69, 9.17) is 17.3 Å². The molecule has 1 aromatic rings. The van der Waals surface area contributed by atoms with Crippen molar-refractivity contribution >= 4 is 11.6 Å². The second kappa shape index (κ2) is 3.52. The van der Waals surface area contributed by atoms with Crippen molar-refractivity contribution in [1.82, 2.24) is 0 Å². The Morgan fingerprint density at radius 2 is 2.29 bits per heavy atom. The van der Waals surface area contributed by atoms with Crippen LogP contribution < -0.4 is 5.73 Å². The molecule has 1 aliphatic carbocycles. The summed E-state index contributed by atoms with van der Waals surface area (Å²) in [6, 6.07) is 5.65. The lowest BCUT2D eigenvalue weighted by molar-refractivity contribution is 0.151. The van der Waals surface area contributed by atoms with Gasteiger partial charge in [-0.15, -0.1) is 0 Å². The van der Waals surface area contributed by atoms with Gasteiger partial charge in [-0.3, -0.25) is 0 Å². The van der Waals surface area contributed by atoms with Crippen molar-refractivity contribution < 1.29 is 4.39 Å². The molecule has 2 N–H and O–H groups in total. The predicted molar refractivity (Wildman–Crippen MR) is 56.4 cm³/mol. The van der Waals surface area contributed by atoms with Gasteiger partial charge in [0, 0.05) is 18.0 Å². The summed E-state index contributed by atoms with van der Waals surface area (Å²) in [5.74, 6) is 0. The molecule has 0 aliphatic heterocycles. The third-order valence-corrected chi connectivity index (χ3v) is 3.27. The average molecular weight is 214 g/mol. The molecule has 1 unspecified atom stereocenters. The molecule has 0 bridgehead atoms. The van der Waals surface area contributed by atoms with E-state index in [0.29, 0.717) is 19.3 Å². The molecule has 2 rings (SSSR count). The quantitative estimate of drug-likeness (QED) is 0.762. The second-order valence-corrected chi connectivity index (χ2v) is 4.32. The first-order chi connectivity index (χ1) is 6.64. The molecule has 0 amide bonds. The highest BCUT2D eigenvalue weighted by Gasteiger charge is 2.33. The summed E-state index contributed by atoms with van der Waals surface area (Å²) in [6.45, 7) is 0.0962. The Balaban J connectivity index is 2.36. The molecule has 1 nitrogen and oxygen atoms in total. The zero-order valence-corrected chi connectivity index (χ0v) is 8.65. The monoisotopic (exact) mass is 213 g/mol. The van der Waals surface area contributed by atoms with Crippen LogP contribution in [-0.4, -0.2) is 12.2 Å². The Morgan fingerprint density at radius 1 is 1.50 bits per heavy atom. The van der Waals surface area contributed by atoms with Crippen LogP contribution in [0, 0.1) is 0 Å². The lowest BCUT2D eigenvalue weighted by Crippen LogP contribution is -2.38. The number of fused-ring (bicyclic) bond motifs is 1. The lowest BCUT2D eigenvalue weighted by Gasteiger charge is -2.30. The van der Waals surface area contributed by atoms with Crippen LogP contribution >= 0.6 is 11.6 Å². The molecule has 0 radical (unpaired) electrons. The molecule has 76 valence electrons. The molecule has 0 fully saturated rings. The SMILES string of the molecule is NCC1(F)CCc2c(Cl)cccc2C1. The number of nitrogens with two attached hydrogens (primary N) is 1. The second-order valence-electron chi connectivity index (χ2n) is 3.91. The highest BCUT2D eigenvalue weighted by Crippen LogP contribution is 2.34. The van der Waals surface area contributed by atoms with Crippen LogP contribution in [0.1, 0.15) is 17.5 Å². The summed E-state index contributed by atoms with van der Waals surface area (Å²) in [7, 11) is 0. The van der Waals surface area contributed by atoms with Crippen molar-refractivity contribution in [2.45, 2.75) is 24.9 Å². The maximum absolute atomic E-state index is 13.9. The number of hydrogen-bond donors (Lipinski definition) is 1. The fourth-order valence-electron chi connectivity index (χ4n) is 2.00. The van der Waals surface area contributed by atoms with Gasteiger partial charge in [0.25, 0.3) is 0 Å². The third-order valence-electron chi connectivity index (χ3n) is 2.91. The van der Waals surface area contributed by atoms with Gasteiger partial charge in [-0.05, 0) is 30.0 Å². The van der Waals surface area contributed by atoms with Crippen LogP contribution in [0.15, 0.2) is 18.2 Å². The van der Waals surface area contributed by atoms with E-state index in [1.807, 2.05) is 18.2 Å². The minimum atomic E-state index is -1.22. The van der Waals surface area contributed by atoms with Crippen LogP contribution in [0.2, 0.25) is 5.02 Å². The summed E-state index contributed by atoms with van der Waals surface area (Å²) < 4.78 is 13.9. The summed E-state index contributed by atoms with van der Waals surface area (Å²) in [5, 5.41) is 0.751. The molecule has 0 saturated carbocycles. The van der Waals surface area contributed by atoms with Gasteiger partial charge in [0.05, 0.1) is 0 Å². The van der Waals surface area contributed by atoms with Crippen molar-refractivity contribution in [1.29, 1.82) is 0 Å². The van der Waals surface area contributed by atoms with E-state index in [1.165, 1.54) is 0 Å². The Bertz CT molecular complexity index is 353. The maximum atomic E-state index is 13.9. The van der Waals surface area contributed by atoms with Gasteiger partial charge in [-0.1, -0.05) is 23.7 Å². The summed E-state index contributed by atoms with van der Waals surface area (Å²) in [6.07, 6.45) is 1.59. The smallest absolute Gasteiger partial charge is 0.127 e. The normalized spacial score (nSPS) is 25.9. The molecular weight excluding hydrogens is 201 g/mol. The number of halogens is 2. The minimum absolute atomic E-state index is 0.0962. The van der Waals surface area contributed by atoms with Gasteiger partial charge in [0.15, 0.2) is 0 Å². The van der Waals surface area contributed by atoms with Gasteiger partial charge >= 0.3 is 0 Å². The van der Waals surface area contributed by atoms with Gasteiger partial charge in [-0.2, -0.15) is 0 Å². The molecule has 1 atom stereocenters. The van der Waals surface area contributed by atoms with E-state index in [1.54, 1.807) is 0 Å². The van der Waals surface area contributed by atoms with Crippen molar-refractivity contribution in [3.05, 3.63) is 34.3 Å². The lowest BCUT2D eigenvalue weighted by atomic mass is 9.82. The topological polar surface area (TPSA) is 26.0 Å². The Labute approximate surface area is 88.1 Å². The van der Waals surface area contributed by atoms with Gasteiger partial charge < -0.3 is 5.73 Å². The average Bonchev–Trinajstić information content (AvgIpc) is 2.18. The first-order valence-electron chi connectivity index (χ1n) is 4.80. The first kappa shape index (κ1) is 9.94. The molecule has 1 aliphatic rings. The fourth-order valence-corrected chi connectivity index (χ4v) is 2.29. The third kappa shape index (κ3) is 1.64. The molecule has 3 heteroatoms. The van der Waals surface area contributed by atoms with Crippen molar-refractivity contribution in [3.63, 3.8) is 0 Å². The molecule has 1 aromatic carbocycles. The van der Waals surface area contributed by atoms with Crippen LogP contribution in [0.4, 0.5) is 4.39 Å². The number of hydrogen-bond acceptors (Lipinski definition) is 1. The summed E-state index contributed by atoms with van der Waals surface area (Å²) in [4.78, 5) is 0. The van der Waals surface area contributed by atoms with Crippen LogP contribution in [0.5, 0.6) is 0 Å². The van der Waals surface area contributed by atoms with E-state index < -0.39 is 5.67 Å². The molecule has 14 heavy (non-hydrogen) atoms. The van der Waals surface area contributed by atoms with Gasteiger partial charge in [0.2, 0.25) is 0 Å². The highest BCUT2D eigenvalue weighted by molar-refractivity contribution is 6.31. The molecule has 0 aromatic heterocycles. The fraction of sp³-hybridized carbons (Fsp3) is 0.455. The maximum Gasteiger partial charge on any atom is 0.127 e. The first-order valence-corrected chi connectivity index (χ1v) is 5.18. The molecular formula is C11H13ClFN. The van der Waals surface area contributed by atoms with E-state index in [-0.39, 0.29) is 6.54 Å². The molecule has 0 saturated heterocycles. The van der Waals surface area contributed by atoms with Gasteiger partial charge in [0.1, 0.15) is 5.67 Å². The summed E-state index contributed by atoms with van der Waals surface area (Å²) in [5.41, 5.74) is 6.30. The number of rotatable bonds is 1. The Morgan fingerprint density at radius 3 is 3.00 bits per heavy atom. The minimum Gasteiger partial charge on any atom is -0.328 e. The van der Waals surface area contributed by atoms with Crippen LogP contribution in [0.25, 0.3) is 0 Å². The van der Waals surface area contributed by atoms with Crippen LogP contribution in [0.3, 0.4) is 0 Å². The van der Waals surface area contributed by atoms with Crippen LogP contribution in [-0.2, 0) is 12.8 Å². The zero-order valence-electron chi connectivity index (χ0n) is 7.89. The Hall–Kier alpha value is -0.600. The number of benzene rings is 1. The van der Waals surface area contributed by atoms with Crippen molar-refractivity contribution in [3.8, 4) is 0 Å². The van der Waals surface area contributed by atoms with Crippen molar-refractivity contribution in [2.24, 2.45) is 5.73 Å². The van der Waals surface area contributed by atoms with E-state index in [0.717, 1.165) is 16.1 Å². The zero-order chi connectivity index (χ0) is 10.2. The van der Waals surface area contributed by atoms with E-state index in [9.17, 15) is 4.39 Å². The van der Waals surface area contributed by atoms with Gasteiger partial charge in [-0.25, -0.2) is 4.39 Å². The molecule has 0 heterocycles. The number of alkyl halides is 1. The highest BCUT2D eigenvalue weighted by atomic mass is 35.5. The standard InChI is InChI=1S/C11H13ClFN/c12-10-3-1-2-8-6-11(13,7-14)5-4-9(8)10/h1-3H,4-7,14H2. The Kier molecular flexibility index (Phi) is 2.50. The van der Waals surface area contributed by atoms with E-state index in [2.05, 4.69) is 0 Å². The van der Waals surface area contributed by atoms with Crippen molar-refractivity contribution in [2.75, 3.05) is 6.54 Å². The largest absolute Gasteiger partial charge is 0.328 e. The summed E-state index contributed by atoms with van der Waals surface area (Å²) >= 11 is 6.02. The molecule has 0 spiro atoms.